The molecule has 1 unspecified atom stereocenters. The Morgan fingerprint density at radius 2 is 1.91 bits per heavy atom. The molecule has 0 aliphatic rings. The van der Waals surface area contributed by atoms with Crippen molar-refractivity contribution in [3.8, 4) is 0 Å². The molecule has 0 amide bonds. The summed E-state index contributed by atoms with van der Waals surface area (Å²) in [5.41, 5.74) is 1.60. The molecule has 2 N–H and O–H groups in total. The van der Waals surface area contributed by atoms with E-state index in [-0.39, 0.29) is 13.2 Å². The molecule has 0 aromatic heterocycles. The Morgan fingerprint density at radius 1 is 1.18 bits per heavy atom. The summed E-state index contributed by atoms with van der Waals surface area (Å²) in [6.07, 6.45) is 0. The molecule has 1 atom stereocenters. The number of hydrogen-bond acceptors (Lipinski definition) is 2. The molecule has 11 heavy (non-hydrogen) atoms. The fourth-order valence-corrected chi connectivity index (χ4v) is 1.38. The van der Waals surface area contributed by atoms with Crippen LogP contribution in [0.5, 0.6) is 0 Å². The van der Waals surface area contributed by atoms with Crippen LogP contribution in [0.15, 0.2) is 18.2 Å². The molecule has 1 rings (SSSR count). The third-order valence-electron chi connectivity index (χ3n) is 1.64. The van der Waals surface area contributed by atoms with Crippen molar-refractivity contribution in [2.75, 3.05) is 0 Å². The van der Waals surface area contributed by atoms with Crippen LogP contribution in [-0.2, 0) is 13.2 Å². The van der Waals surface area contributed by atoms with Gasteiger partial charge in [0.05, 0.1) is 13.2 Å². The van der Waals surface area contributed by atoms with Crippen LogP contribution in [0.1, 0.15) is 11.1 Å². The number of benzene rings is 1. The van der Waals surface area contributed by atoms with Gasteiger partial charge in [0, 0.05) is 0 Å². The highest BCUT2D eigenvalue weighted by atomic mass is 31.0. The second kappa shape index (κ2) is 3.82. The minimum atomic E-state index is -0.0183. The highest BCUT2D eigenvalue weighted by Crippen LogP contribution is 2.08. The zero-order valence-electron chi connectivity index (χ0n) is 6.12. The standard InChI is InChI=1S/C8H11O2P/c9-4-6-2-1-3-8(11)7(6)5-10/h1-3,9-10H,4-5,11H2. The highest BCUT2D eigenvalue weighted by Gasteiger charge is 2.01. The molecule has 60 valence electrons. The van der Waals surface area contributed by atoms with E-state index in [1.807, 2.05) is 12.1 Å². The van der Waals surface area contributed by atoms with E-state index in [0.717, 1.165) is 16.4 Å². The maximum absolute atomic E-state index is 8.91. The number of hydrogen-bond donors (Lipinski definition) is 2. The zero-order valence-corrected chi connectivity index (χ0v) is 7.27. The van der Waals surface area contributed by atoms with Gasteiger partial charge in [0.15, 0.2) is 0 Å². The van der Waals surface area contributed by atoms with Gasteiger partial charge < -0.3 is 10.2 Å². The molecule has 0 bridgehead atoms. The van der Waals surface area contributed by atoms with Crippen LogP contribution in [0.2, 0.25) is 0 Å². The van der Waals surface area contributed by atoms with E-state index in [4.69, 9.17) is 10.2 Å². The average molecular weight is 170 g/mol. The van der Waals surface area contributed by atoms with Gasteiger partial charge in [-0.2, -0.15) is 0 Å². The molecule has 1 aromatic rings. The van der Waals surface area contributed by atoms with Crippen LogP contribution < -0.4 is 5.30 Å². The minimum absolute atomic E-state index is 0.0157. The Balaban J connectivity index is 3.13. The Bertz CT molecular complexity index is 248. The first-order chi connectivity index (χ1) is 5.29. The summed E-state index contributed by atoms with van der Waals surface area (Å²) in [7, 11) is 2.52. The Morgan fingerprint density at radius 3 is 2.36 bits per heavy atom. The van der Waals surface area contributed by atoms with Crippen molar-refractivity contribution < 1.29 is 10.2 Å². The van der Waals surface area contributed by atoms with Crippen LogP contribution in [0.25, 0.3) is 0 Å². The van der Waals surface area contributed by atoms with E-state index in [0.29, 0.717) is 0 Å². The summed E-state index contributed by atoms with van der Waals surface area (Å²) in [4.78, 5) is 0. The fraction of sp³-hybridized carbons (Fsp3) is 0.250. The number of aliphatic hydroxyl groups excluding tert-OH is 2. The van der Waals surface area contributed by atoms with Crippen molar-refractivity contribution in [2.24, 2.45) is 0 Å². The maximum atomic E-state index is 8.91. The average Bonchev–Trinajstić information content (AvgIpc) is 2.04. The predicted molar refractivity (Wildman–Crippen MR) is 47.6 cm³/mol. The molecule has 0 aliphatic carbocycles. The van der Waals surface area contributed by atoms with Gasteiger partial charge in [0.1, 0.15) is 0 Å². The second-order valence-electron chi connectivity index (χ2n) is 2.30. The first-order valence-electron chi connectivity index (χ1n) is 3.37. The molecule has 3 heteroatoms. The maximum Gasteiger partial charge on any atom is 0.0691 e. The monoisotopic (exact) mass is 170 g/mol. The topological polar surface area (TPSA) is 40.5 Å². The van der Waals surface area contributed by atoms with E-state index < -0.39 is 0 Å². The van der Waals surface area contributed by atoms with E-state index in [1.165, 1.54) is 0 Å². The normalized spacial score (nSPS) is 10.1. The van der Waals surface area contributed by atoms with Crippen LogP contribution in [-0.4, -0.2) is 10.2 Å². The lowest BCUT2D eigenvalue weighted by atomic mass is 10.1. The third kappa shape index (κ3) is 1.78. The Hall–Kier alpha value is -0.430. The van der Waals surface area contributed by atoms with E-state index in [1.54, 1.807) is 6.07 Å². The van der Waals surface area contributed by atoms with Crippen LogP contribution >= 0.6 is 9.24 Å². The molecule has 1 aromatic carbocycles. The largest absolute Gasteiger partial charge is 0.392 e. The van der Waals surface area contributed by atoms with Crippen molar-refractivity contribution >= 4 is 14.5 Å². The summed E-state index contributed by atoms with van der Waals surface area (Å²) in [5.74, 6) is 0. The summed E-state index contributed by atoms with van der Waals surface area (Å²) < 4.78 is 0. The fourth-order valence-electron chi connectivity index (χ4n) is 0.995. The molecule has 0 saturated heterocycles. The molecule has 0 heterocycles. The Kier molecular flexibility index (Phi) is 3.01. The molecule has 0 radical (unpaired) electrons. The first-order valence-corrected chi connectivity index (χ1v) is 3.95. The van der Waals surface area contributed by atoms with Crippen molar-refractivity contribution in [2.45, 2.75) is 13.2 Å². The third-order valence-corrected chi connectivity index (χ3v) is 2.18. The molecular weight excluding hydrogens is 159 g/mol. The number of rotatable bonds is 2. The van der Waals surface area contributed by atoms with Gasteiger partial charge >= 0.3 is 0 Å². The number of aliphatic hydroxyl groups is 2. The van der Waals surface area contributed by atoms with Crippen LogP contribution in [0.4, 0.5) is 0 Å². The highest BCUT2D eigenvalue weighted by molar-refractivity contribution is 7.27. The van der Waals surface area contributed by atoms with Gasteiger partial charge in [0.25, 0.3) is 0 Å². The molecule has 0 aliphatic heterocycles. The Labute approximate surface area is 68.1 Å². The van der Waals surface area contributed by atoms with Gasteiger partial charge in [-0.05, 0) is 16.4 Å². The van der Waals surface area contributed by atoms with Crippen LogP contribution in [0.3, 0.4) is 0 Å². The second-order valence-corrected chi connectivity index (χ2v) is 2.92. The molecule has 2 nitrogen and oxygen atoms in total. The van der Waals surface area contributed by atoms with Crippen LogP contribution in [0, 0.1) is 0 Å². The minimum Gasteiger partial charge on any atom is -0.392 e. The molecular formula is C8H11O2P. The molecule has 0 saturated carbocycles. The van der Waals surface area contributed by atoms with E-state index in [2.05, 4.69) is 9.24 Å². The summed E-state index contributed by atoms with van der Waals surface area (Å²) in [6, 6.07) is 5.54. The van der Waals surface area contributed by atoms with Crippen molar-refractivity contribution in [3.63, 3.8) is 0 Å². The van der Waals surface area contributed by atoms with Gasteiger partial charge in [-0.25, -0.2) is 0 Å². The first kappa shape index (κ1) is 8.66. The lowest BCUT2D eigenvalue weighted by Crippen LogP contribution is -2.05. The van der Waals surface area contributed by atoms with Crippen molar-refractivity contribution in [1.29, 1.82) is 0 Å². The zero-order chi connectivity index (χ0) is 8.27. The molecule has 0 spiro atoms. The van der Waals surface area contributed by atoms with Gasteiger partial charge in [-0.1, -0.05) is 18.2 Å². The SMILES string of the molecule is OCc1cccc(P)c1CO. The van der Waals surface area contributed by atoms with Gasteiger partial charge in [-0.15, -0.1) is 9.24 Å². The lowest BCUT2D eigenvalue weighted by Gasteiger charge is -2.06. The summed E-state index contributed by atoms with van der Waals surface area (Å²) in [5, 5.41) is 18.7. The quantitative estimate of drug-likeness (QED) is 0.621. The van der Waals surface area contributed by atoms with Gasteiger partial charge in [-0.3, -0.25) is 0 Å². The summed E-state index contributed by atoms with van der Waals surface area (Å²) in [6.45, 7) is -0.0340. The lowest BCUT2D eigenvalue weighted by molar-refractivity contribution is 0.261. The van der Waals surface area contributed by atoms with Gasteiger partial charge in [0.2, 0.25) is 0 Å². The van der Waals surface area contributed by atoms with E-state index >= 15 is 0 Å². The van der Waals surface area contributed by atoms with Crippen molar-refractivity contribution in [1.82, 2.24) is 0 Å². The smallest absolute Gasteiger partial charge is 0.0691 e. The molecule has 0 fully saturated rings. The summed E-state index contributed by atoms with van der Waals surface area (Å²) >= 11 is 0. The van der Waals surface area contributed by atoms with Crippen molar-refractivity contribution in [3.05, 3.63) is 29.3 Å². The van der Waals surface area contributed by atoms with E-state index in [9.17, 15) is 0 Å². The predicted octanol–water partition coefficient (Wildman–Crippen LogP) is 0.172.